The lowest BCUT2D eigenvalue weighted by atomic mass is 10.1. The van der Waals surface area contributed by atoms with Crippen LogP contribution in [0.15, 0.2) is 48.5 Å². The number of hydrogen-bond acceptors (Lipinski definition) is 3. The number of nitrogens with one attached hydrogen (secondary N) is 1. The van der Waals surface area contributed by atoms with Gasteiger partial charge in [-0.1, -0.05) is 24.3 Å². The van der Waals surface area contributed by atoms with E-state index in [1.807, 2.05) is 19.9 Å². The monoisotopic (exact) mass is 377 g/mol. The minimum absolute atomic E-state index is 0.403. The Labute approximate surface area is 154 Å². The number of anilines is 1. The first-order chi connectivity index (χ1) is 12.7. The van der Waals surface area contributed by atoms with E-state index in [1.54, 1.807) is 12.1 Å². The average molecular weight is 377 g/mol. The molecule has 0 radical (unpaired) electrons. The van der Waals surface area contributed by atoms with Gasteiger partial charge in [0, 0.05) is 11.8 Å². The molecule has 0 saturated carbocycles. The number of esters is 1. The molecule has 0 spiro atoms. The lowest BCUT2D eigenvalue weighted by Gasteiger charge is -2.10. The normalized spacial score (nSPS) is 11.4. The summed E-state index contributed by atoms with van der Waals surface area (Å²) in [6.07, 6.45) is -2.05. The molecule has 4 nitrogen and oxygen atoms in total. The molecule has 0 atom stereocenters. The molecule has 0 aromatic heterocycles. The third-order valence-corrected chi connectivity index (χ3v) is 3.87. The minimum Gasteiger partial charge on any atom is -0.452 e. The summed E-state index contributed by atoms with van der Waals surface area (Å²) < 4.78 is 42.3. The molecule has 0 heterocycles. The van der Waals surface area contributed by atoms with Gasteiger partial charge in [0.1, 0.15) is 0 Å². The molecule has 2 rings (SSSR count). The van der Waals surface area contributed by atoms with Crippen molar-refractivity contribution in [3.8, 4) is 0 Å². The highest BCUT2D eigenvalue weighted by Gasteiger charge is 2.29. The molecule has 7 heteroatoms. The van der Waals surface area contributed by atoms with Crippen LogP contribution in [0.4, 0.5) is 18.9 Å². The van der Waals surface area contributed by atoms with Crippen LogP contribution in [0.2, 0.25) is 0 Å². The van der Waals surface area contributed by atoms with Crippen LogP contribution >= 0.6 is 0 Å². The third kappa shape index (κ3) is 5.99. The quantitative estimate of drug-likeness (QED) is 0.616. The predicted octanol–water partition coefficient (Wildman–Crippen LogP) is 4.52. The van der Waals surface area contributed by atoms with Crippen molar-refractivity contribution in [2.45, 2.75) is 20.0 Å². The van der Waals surface area contributed by atoms with E-state index < -0.39 is 30.2 Å². The maximum absolute atomic E-state index is 12.5. The maximum Gasteiger partial charge on any atom is 0.416 e. The van der Waals surface area contributed by atoms with E-state index in [1.165, 1.54) is 18.2 Å². The standard InChI is InChI=1S/C20H18F3NO3/c1-13-4-3-5-17(14(13)2)24-18(25)12-27-19(26)11-8-15-6-9-16(10-7-15)20(21,22)23/h3-11H,12H2,1-2H3,(H,24,25)/b11-8+. The second-order valence-corrected chi connectivity index (χ2v) is 5.86. The van der Waals surface area contributed by atoms with Crippen LogP contribution in [0, 0.1) is 13.8 Å². The van der Waals surface area contributed by atoms with E-state index >= 15 is 0 Å². The van der Waals surface area contributed by atoms with Crippen molar-refractivity contribution in [2.75, 3.05) is 11.9 Å². The zero-order valence-corrected chi connectivity index (χ0v) is 14.8. The van der Waals surface area contributed by atoms with Gasteiger partial charge in [0.2, 0.25) is 0 Å². The SMILES string of the molecule is Cc1cccc(NC(=O)COC(=O)/C=C/c2ccc(C(F)(F)F)cc2)c1C. The molecular weight excluding hydrogens is 359 g/mol. The molecule has 2 aromatic rings. The van der Waals surface area contributed by atoms with E-state index in [4.69, 9.17) is 4.74 Å². The molecular formula is C20H18F3NO3. The molecule has 0 aliphatic rings. The topological polar surface area (TPSA) is 55.4 Å². The van der Waals surface area contributed by atoms with Crippen molar-refractivity contribution in [2.24, 2.45) is 0 Å². The molecule has 2 aromatic carbocycles. The van der Waals surface area contributed by atoms with Gasteiger partial charge in [-0.3, -0.25) is 4.79 Å². The first kappa shape index (κ1) is 20.2. The van der Waals surface area contributed by atoms with Gasteiger partial charge in [-0.15, -0.1) is 0 Å². The highest BCUT2D eigenvalue weighted by Crippen LogP contribution is 2.29. The summed E-state index contributed by atoms with van der Waals surface area (Å²) in [5.41, 5.74) is 2.20. The summed E-state index contributed by atoms with van der Waals surface area (Å²) in [6, 6.07) is 9.77. The number of carbonyl (C=O) groups is 2. The van der Waals surface area contributed by atoms with Gasteiger partial charge in [0.05, 0.1) is 5.56 Å². The summed E-state index contributed by atoms with van der Waals surface area (Å²) in [5, 5.41) is 2.65. The van der Waals surface area contributed by atoms with Crippen LogP contribution in [0.5, 0.6) is 0 Å². The Hall–Kier alpha value is -3.09. The van der Waals surface area contributed by atoms with Crippen LogP contribution in [0.3, 0.4) is 0 Å². The lowest BCUT2D eigenvalue weighted by Crippen LogP contribution is -2.20. The Balaban J connectivity index is 1.85. The number of amides is 1. The van der Waals surface area contributed by atoms with E-state index in [0.29, 0.717) is 11.3 Å². The van der Waals surface area contributed by atoms with Crippen LogP contribution < -0.4 is 5.32 Å². The van der Waals surface area contributed by atoms with Crippen LogP contribution in [0.1, 0.15) is 22.3 Å². The molecule has 27 heavy (non-hydrogen) atoms. The molecule has 142 valence electrons. The summed E-state index contributed by atoms with van der Waals surface area (Å²) >= 11 is 0. The molecule has 0 unspecified atom stereocenters. The van der Waals surface area contributed by atoms with Gasteiger partial charge in [-0.05, 0) is 54.8 Å². The van der Waals surface area contributed by atoms with Gasteiger partial charge in [0.25, 0.3) is 5.91 Å². The fraction of sp³-hybridized carbons (Fsp3) is 0.200. The van der Waals surface area contributed by atoms with Crippen molar-refractivity contribution in [3.05, 3.63) is 70.8 Å². The Morgan fingerprint density at radius 3 is 2.37 bits per heavy atom. The van der Waals surface area contributed by atoms with Gasteiger partial charge in [0.15, 0.2) is 6.61 Å². The molecule has 0 aliphatic heterocycles. The van der Waals surface area contributed by atoms with Crippen molar-refractivity contribution in [1.29, 1.82) is 0 Å². The Kier molecular flexibility index (Phi) is 6.39. The van der Waals surface area contributed by atoms with E-state index in [9.17, 15) is 22.8 Å². The number of ether oxygens (including phenoxy) is 1. The van der Waals surface area contributed by atoms with Gasteiger partial charge >= 0.3 is 12.1 Å². The minimum atomic E-state index is -4.41. The summed E-state index contributed by atoms with van der Waals surface area (Å²) in [5.74, 6) is -1.26. The Bertz CT molecular complexity index is 856. The summed E-state index contributed by atoms with van der Waals surface area (Å²) in [7, 11) is 0. The number of alkyl halides is 3. The first-order valence-corrected chi connectivity index (χ1v) is 8.05. The zero-order valence-electron chi connectivity index (χ0n) is 14.8. The van der Waals surface area contributed by atoms with E-state index in [-0.39, 0.29) is 0 Å². The molecule has 0 bridgehead atoms. The first-order valence-electron chi connectivity index (χ1n) is 8.05. The maximum atomic E-state index is 12.5. The highest BCUT2D eigenvalue weighted by molar-refractivity contribution is 5.95. The highest BCUT2D eigenvalue weighted by atomic mass is 19.4. The van der Waals surface area contributed by atoms with Gasteiger partial charge in [-0.2, -0.15) is 13.2 Å². The third-order valence-electron chi connectivity index (χ3n) is 3.87. The summed E-state index contributed by atoms with van der Waals surface area (Å²) in [6.45, 7) is 3.31. The number of benzene rings is 2. The average Bonchev–Trinajstić information content (AvgIpc) is 2.61. The van der Waals surface area contributed by atoms with Gasteiger partial charge < -0.3 is 10.1 Å². The smallest absolute Gasteiger partial charge is 0.416 e. The van der Waals surface area contributed by atoms with Crippen LogP contribution in [-0.2, 0) is 20.5 Å². The summed E-state index contributed by atoms with van der Waals surface area (Å²) in [4.78, 5) is 23.5. The van der Waals surface area contributed by atoms with Gasteiger partial charge in [-0.25, -0.2) is 4.79 Å². The number of aryl methyl sites for hydroxylation is 1. The fourth-order valence-corrected chi connectivity index (χ4v) is 2.21. The second kappa shape index (κ2) is 8.53. The van der Waals surface area contributed by atoms with E-state index in [0.717, 1.165) is 29.3 Å². The van der Waals surface area contributed by atoms with Crippen LogP contribution in [-0.4, -0.2) is 18.5 Å². The molecule has 0 fully saturated rings. The van der Waals surface area contributed by atoms with Crippen molar-refractivity contribution < 1.29 is 27.5 Å². The second-order valence-electron chi connectivity index (χ2n) is 5.86. The molecule has 1 N–H and O–H groups in total. The number of hydrogen-bond donors (Lipinski definition) is 1. The number of rotatable bonds is 5. The number of carbonyl (C=O) groups excluding carboxylic acids is 2. The van der Waals surface area contributed by atoms with Crippen molar-refractivity contribution >= 4 is 23.6 Å². The zero-order chi connectivity index (χ0) is 20.0. The lowest BCUT2D eigenvalue weighted by molar-refractivity contribution is -0.142. The Morgan fingerprint density at radius 1 is 1.07 bits per heavy atom. The van der Waals surface area contributed by atoms with Crippen molar-refractivity contribution in [3.63, 3.8) is 0 Å². The molecule has 1 amide bonds. The predicted molar refractivity (Wildman–Crippen MR) is 96.0 cm³/mol. The molecule has 0 aliphatic carbocycles. The number of halogens is 3. The fourth-order valence-electron chi connectivity index (χ4n) is 2.21. The largest absolute Gasteiger partial charge is 0.452 e. The Morgan fingerprint density at radius 2 is 1.74 bits per heavy atom. The molecule has 0 saturated heterocycles. The van der Waals surface area contributed by atoms with Crippen molar-refractivity contribution in [1.82, 2.24) is 0 Å². The van der Waals surface area contributed by atoms with Crippen LogP contribution in [0.25, 0.3) is 6.08 Å². The van der Waals surface area contributed by atoms with E-state index in [2.05, 4.69) is 5.32 Å².